The summed E-state index contributed by atoms with van der Waals surface area (Å²) in [6.07, 6.45) is 1.01. The molecule has 1 aliphatic heterocycles. The van der Waals surface area contributed by atoms with Gasteiger partial charge in [-0.2, -0.15) is 0 Å². The second-order valence-corrected chi connectivity index (χ2v) is 7.99. The SMILES string of the molecule is C.CNCCNC(=O)c1cc(C(C)Oc2cc(F)cc(F)c2)c2nc(N3CCOCC3)cnc2c1. The Labute approximate surface area is 203 Å². The molecule has 1 saturated heterocycles. The third kappa shape index (κ3) is 6.40. The number of nitrogens with one attached hydrogen (secondary N) is 2. The average Bonchev–Trinajstić information content (AvgIpc) is 2.83. The molecule has 0 bridgehead atoms. The van der Waals surface area contributed by atoms with Crippen molar-refractivity contribution in [1.82, 2.24) is 20.6 Å². The Kier molecular flexibility index (Phi) is 8.89. The number of hydrogen-bond donors (Lipinski definition) is 2. The molecule has 1 amide bonds. The number of carbonyl (C=O) groups excluding carboxylic acids is 1. The lowest BCUT2D eigenvalue weighted by Gasteiger charge is -2.28. The highest BCUT2D eigenvalue weighted by Gasteiger charge is 2.20. The molecule has 1 unspecified atom stereocenters. The number of halogens is 2. The maximum absolute atomic E-state index is 13.7. The summed E-state index contributed by atoms with van der Waals surface area (Å²) in [4.78, 5) is 24.2. The molecule has 0 aliphatic carbocycles. The summed E-state index contributed by atoms with van der Waals surface area (Å²) in [5.41, 5.74) is 2.06. The zero-order chi connectivity index (χ0) is 24.1. The van der Waals surface area contributed by atoms with Gasteiger partial charge >= 0.3 is 0 Å². The Morgan fingerprint density at radius 2 is 1.86 bits per heavy atom. The van der Waals surface area contributed by atoms with E-state index < -0.39 is 17.7 Å². The molecule has 0 spiro atoms. The number of benzene rings is 2. The van der Waals surface area contributed by atoms with Crippen LogP contribution in [-0.4, -0.2) is 62.3 Å². The zero-order valence-electron chi connectivity index (χ0n) is 19.1. The van der Waals surface area contributed by atoms with Crippen LogP contribution in [0.15, 0.2) is 36.5 Å². The molecular formula is C25H31F2N5O3. The molecule has 0 radical (unpaired) electrons. The smallest absolute Gasteiger partial charge is 0.251 e. The molecule has 2 N–H and O–H groups in total. The van der Waals surface area contributed by atoms with Gasteiger partial charge in [0.15, 0.2) is 0 Å². The predicted molar refractivity (Wildman–Crippen MR) is 131 cm³/mol. The lowest BCUT2D eigenvalue weighted by molar-refractivity contribution is 0.0954. The van der Waals surface area contributed by atoms with Crippen molar-refractivity contribution in [2.75, 3.05) is 51.3 Å². The van der Waals surface area contributed by atoms with Gasteiger partial charge in [0.25, 0.3) is 5.91 Å². The van der Waals surface area contributed by atoms with E-state index in [2.05, 4.69) is 20.5 Å². The third-order valence-corrected chi connectivity index (χ3v) is 5.51. The Balaban J connectivity index is 0.00000342. The summed E-state index contributed by atoms with van der Waals surface area (Å²) in [6.45, 7) is 5.40. The first-order valence-electron chi connectivity index (χ1n) is 11.1. The van der Waals surface area contributed by atoms with Crippen LogP contribution in [0.5, 0.6) is 5.75 Å². The lowest BCUT2D eigenvalue weighted by atomic mass is 10.0. The number of fused-ring (bicyclic) bond motifs is 1. The van der Waals surface area contributed by atoms with Crippen molar-refractivity contribution in [3.05, 3.63) is 59.3 Å². The van der Waals surface area contributed by atoms with Crippen molar-refractivity contribution in [2.45, 2.75) is 20.5 Å². The van der Waals surface area contributed by atoms with Crippen molar-refractivity contribution in [3.63, 3.8) is 0 Å². The monoisotopic (exact) mass is 487 g/mol. The average molecular weight is 488 g/mol. The number of aromatic nitrogens is 2. The molecule has 35 heavy (non-hydrogen) atoms. The molecule has 4 rings (SSSR count). The van der Waals surface area contributed by atoms with Crippen molar-refractivity contribution < 1.29 is 23.0 Å². The molecule has 1 atom stereocenters. The number of morpholine rings is 1. The van der Waals surface area contributed by atoms with E-state index >= 15 is 0 Å². The highest BCUT2D eigenvalue weighted by atomic mass is 19.1. The molecule has 1 aliphatic rings. The number of anilines is 1. The predicted octanol–water partition coefficient (Wildman–Crippen LogP) is 3.47. The topological polar surface area (TPSA) is 88.6 Å². The highest BCUT2D eigenvalue weighted by molar-refractivity contribution is 5.98. The largest absolute Gasteiger partial charge is 0.486 e. The van der Waals surface area contributed by atoms with Gasteiger partial charge in [0.05, 0.1) is 30.4 Å². The number of nitrogens with zero attached hydrogens (tertiary/aromatic N) is 3. The third-order valence-electron chi connectivity index (χ3n) is 5.51. The Morgan fingerprint density at radius 1 is 1.14 bits per heavy atom. The molecule has 10 heteroatoms. The van der Waals surface area contributed by atoms with E-state index in [1.165, 1.54) is 0 Å². The number of hydrogen-bond acceptors (Lipinski definition) is 7. The summed E-state index contributed by atoms with van der Waals surface area (Å²) in [6, 6.07) is 6.37. The lowest BCUT2D eigenvalue weighted by Crippen LogP contribution is -2.36. The van der Waals surface area contributed by atoms with Crippen LogP contribution in [0, 0.1) is 11.6 Å². The molecule has 8 nitrogen and oxygen atoms in total. The Bertz CT molecular complexity index is 1150. The van der Waals surface area contributed by atoms with Gasteiger partial charge in [-0.05, 0) is 26.1 Å². The fourth-order valence-electron chi connectivity index (χ4n) is 3.79. The van der Waals surface area contributed by atoms with Crippen molar-refractivity contribution in [3.8, 4) is 5.75 Å². The van der Waals surface area contributed by atoms with Gasteiger partial charge in [-0.15, -0.1) is 0 Å². The van der Waals surface area contributed by atoms with Gasteiger partial charge < -0.3 is 25.0 Å². The minimum Gasteiger partial charge on any atom is -0.486 e. The van der Waals surface area contributed by atoms with E-state index in [9.17, 15) is 13.6 Å². The first kappa shape index (κ1) is 26.2. The van der Waals surface area contributed by atoms with Gasteiger partial charge in [0.1, 0.15) is 29.3 Å². The minimum absolute atomic E-state index is 0. The Hall–Kier alpha value is -3.37. The fourth-order valence-corrected chi connectivity index (χ4v) is 3.79. The maximum atomic E-state index is 13.7. The number of carbonyl (C=O) groups is 1. The van der Waals surface area contributed by atoms with E-state index in [0.717, 1.165) is 18.2 Å². The van der Waals surface area contributed by atoms with Gasteiger partial charge in [-0.3, -0.25) is 9.78 Å². The van der Waals surface area contributed by atoms with Gasteiger partial charge in [-0.1, -0.05) is 7.43 Å². The van der Waals surface area contributed by atoms with E-state index in [-0.39, 0.29) is 19.1 Å². The van der Waals surface area contributed by atoms with Crippen molar-refractivity contribution >= 4 is 22.8 Å². The van der Waals surface area contributed by atoms with Crippen molar-refractivity contribution in [2.24, 2.45) is 0 Å². The van der Waals surface area contributed by atoms with Crippen molar-refractivity contribution in [1.29, 1.82) is 0 Å². The minimum atomic E-state index is -0.737. The molecule has 1 fully saturated rings. The maximum Gasteiger partial charge on any atom is 0.251 e. The summed E-state index contributed by atoms with van der Waals surface area (Å²) < 4.78 is 38.7. The van der Waals surface area contributed by atoms with E-state index in [1.807, 2.05) is 0 Å². The molecule has 188 valence electrons. The number of amides is 1. The molecule has 0 saturated carbocycles. The standard InChI is InChI=1S/C24H27F2N5O3.CH4/c1-15(34-19-12-17(25)11-18(26)13-19)20-9-16(24(32)28-4-3-27-2)10-21-23(20)30-22(14-29-21)31-5-7-33-8-6-31;/h9-15,27H,3-8H2,1-2H3,(H,28,32);1H4. The van der Waals surface area contributed by atoms with Gasteiger partial charge in [0.2, 0.25) is 0 Å². The first-order valence-corrected chi connectivity index (χ1v) is 11.1. The van der Waals surface area contributed by atoms with Gasteiger partial charge in [-0.25, -0.2) is 13.8 Å². The van der Waals surface area contributed by atoms with Crippen LogP contribution in [0.2, 0.25) is 0 Å². The zero-order valence-corrected chi connectivity index (χ0v) is 19.1. The first-order chi connectivity index (χ1) is 16.4. The highest BCUT2D eigenvalue weighted by Crippen LogP contribution is 2.30. The molecule has 2 aromatic carbocycles. The molecule has 1 aromatic heterocycles. The second-order valence-electron chi connectivity index (χ2n) is 7.99. The summed E-state index contributed by atoms with van der Waals surface area (Å²) in [7, 11) is 1.80. The quantitative estimate of drug-likeness (QED) is 0.471. The fraction of sp³-hybridized carbons (Fsp3) is 0.400. The van der Waals surface area contributed by atoms with Gasteiger partial charge in [0, 0.05) is 55.5 Å². The number of likely N-dealkylation sites (N-methyl/N-ethyl adjacent to an activating group) is 1. The Morgan fingerprint density at radius 3 is 2.54 bits per heavy atom. The van der Waals surface area contributed by atoms with Crippen LogP contribution in [0.3, 0.4) is 0 Å². The molecule has 2 heterocycles. The van der Waals surface area contributed by atoms with Crippen LogP contribution in [0.25, 0.3) is 11.0 Å². The van der Waals surface area contributed by atoms with E-state index in [1.54, 1.807) is 32.3 Å². The van der Waals surface area contributed by atoms with E-state index in [4.69, 9.17) is 14.5 Å². The van der Waals surface area contributed by atoms with Crippen LogP contribution < -0.4 is 20.3 Å². The normalized spacial score (nSPS) is 14.3. The molecule has 3 aromatic rings. The van der Waals surface area contributed by atoms with Crippen LogP contribution in [0.1, 0.15) is 36.4 Å². The summed E-state index contributed by atoms with van der Waals surface area (Å²) >= 11 is 0. The van der Waals surface area contributed by atoms with Crippen LogP contribution in [0.4, 0.5) is 14.6 Å². The summed E-state index contributed by atoms with van der Waals surface area (Å²) in [5.74, 6) is -1.01. The number of ether oxygens (including phenoxy) is 2. The van der Waals surface area contributed by atoms with Crippen LogP contribution >= 0.6 is 0 Å². The second kappa shape index (κ2) is 11.9. The van der Waals surface area contributed by atoms with Crippen LogP contribution in [-0.2, 0) is 4.74 Å². The molecular weight excluding hydrogens is 456 g/mol. The number of rotatable bonds is 8. The van der Waals surface area contributed by atoms with E-state index in [0.29, 0.717) is 67.4 Å². The summed E-state index contributed by atoms with van der Waals surface area (Å²) in [5, 5.41) is 5.82.